The molecule has 1 aromatic rings. The van der Waals surface area contributed by atoms with E-state index in [1.165, 1.54) is 12.8 Å². The summed E-state index contributed by atoms with van der Waals surface area (Å²) in [6.07, 6.45) is 4.87. The molecule has 0 bridgehead atoms. The molecule has 5 heteroatoms. The normalized spacial score (nSPS) is 18.2. The highest BCUT2D eigenvalue weighted by atomic mass is 16.5. The van der Waals surface area contributed by atoms with Crippen LogP contribution in [0.2, 0.25) is 0 Å². The summed E-state index contributed by atoms with van der Waals surface area (Å²) in [5.74, 6) is 0.602. The summed E-state index contributed by atoms with van der Waals surface area (Å²) in [4.78, 5) is 11.9. The third-order valence-corrected chi connectivity index (χ3v) is 3.58. The van der Waals surface area contributed by atoms with Gasteiger partial charge in [-0.25, -0.2) is 0 Å². The number of carbonyl (C=O) groups is 1. The quantitative estimate of drug-likeness (QED) is 0.756. The Morgan fingerprint density at radius 2 is 2.24 bits per heavy atom. The van der Waals surface area contributed by atoms with Crippen molar-refractivity contribution in [3.8, 4) is 5.75 Å². The van der Waals surface area contributed by atoms with E-state index >= 15 is 0 Å². The van der Waals surface area contributed by atoms with Gasteiger partial charge in [0.1, 0.15) is 5.75 Å². The predicted octanol–water partition coefficient (Wildman–Crippen LogP) is 2.18. The average Bonchev–Trinajstić information content (AvgIpc) is 2.53. The summed E-state index contributed by atoms with van der Waals surface area (Å²) in [7, 11) is 1.59. The number of nitrogens with one attached hydrogen (secondary N) is 2. The molecule has 1 aliphatic heterocycles. The maximum atomic E-state index is 11.9. The van der Waals surface area contributed by atoms with Gasteiger partial charge in [-0.2, -0.15) is 0 Å². The fourth-order valence-electron chi connectivity index (χ4n) is 2.44. The van der Waals surface area contributed by atoms with Gasteiger partial charge in [0.25, 0.3) is 0 Å². The molecule has 0 spiro atoms. The molecule has 1 heterocycles. The van der Waals surface area contributed by atoms with E-state index in [9.17, 15) is 4.79 Å². The van der Waals surface area contributed by atoms with Gasteiger partial charge < -0.3 is 20.1 Å². The third-order valence-electron chi connectivity index (χ3n) is 3.58. The number of hydrogen-bond donors (Lipinski definition) is 2. The molecule has 1 atom stereocenters. The van der Waals surface area contributed by atoms with Crippen LogP contribution >= 0.6 is 0 Å². The molecular weight excluding hydrogens is 268 g/mol. The zero-order chi connectivity index (χ0) is 14.9. The van der Waals surface area contributed by atoms with Gasteiger partial charge in [-0.15, -0.1) is 0 Å². The first-order valence-corrected chi connectivity index (χ1v) is 7.55. The van der Waals surface area contributed by atoms with E-state index in [4.69, 9.17) is 9.47 Å². The second kappa shape index (κ2) is 8.64. The van der Waals surface area contributed by atoms with Crippen molar-refractivity contribution >= 4 is 11.6 Å². The number of para-hydroxylation sites is 2. The number of carbonyl (C=O) groups excluding carboxylic acids is 1. The Hall–Kier alpha value is -1.59. The van der Waals surface area contributed by atoms with Crippen molar-refractivity contribution in [3.05, 3.63) is 24.3 Å². The van der Waals surface area contributed by atoms with Gasteiger partial charge in [-0.1, -0.05) is 12.1 Å². The zero-order valence-corrected chi connectivity index (χ0v) is 12.6. The van der Waals surface area contributed by atoms with E-state index < -0.39 is 0 Å². The van der Waals surface area contributed by atoms with Crippen LogP contribution in [0.5, 0.6) is 5.75 Å². The highest BCUT2D eigenvalue weighted by Crippen LogP contribution is 2.22. The van der Waals surface area contributed by atoms with Crippen molar-refractivity contribution in [2.75, 3.05) is 32.1 Å². The largest absolute Gasteiger partial charge is 0.495 e. The molecule has 0 aromatic heterocycles. The summed E-state index contributed by atoms with van der Waals surface area (Å²) < 4.78 is 10.9. The lowest BCUT2D eigenvalue weighted by molar-refractivity contribution is -0.115. The summed E-state index contributed by atoms with van der Waals surface area (Å²) in [6, 6.07) is 7.39. The predicted molar refractivity (Wildman–Crippen MR) is 82.7 cm³/mol. The molecule has 2 rings (SSSR count). The molecule has 1 unspecified atom stereocenters. The molecule has 1 fully saturated rings. The van der Waals surface area contributed by atoms with Crippen LogP contribution in [0.15, 0.2) is 24.3 Å². The average molecular weight is 292 g/mol. The fourth-order valence-corrected chi connectivity index (χ4v) is 2.44. The summed E-state index contributed by atoms with van der Waals surface area (Å²) in [5.41, 5.74) is 0.697. The molecule has 2 N–H and O–H groups in total. The monoisotopic (exact) mass is 292 g/mol. The molecule has 0 saturated carbocycles. The lowest BCUT2D eigenvalue weighted by atomic mass is 10.1. The maximum Gasteiger partial charge on any atom is 0.238 e. The van der Waals surface area contributed by atoms with Gasteiger partial charge >= 0.3 is 0 Å². The zero-order valence-electron chi connectivity index (χ0n) is 12.6. The van der Waals surface area contributed by atoms with E-state index in [0.29, 0.717) is 24.1 Å². The minimum Gasteiger partial charge on any atom is -0.495 e. The first-order chi connectivity index (χ1) is 10.3. The minimum absolute atomic E-state index is 0.0657. The topological polar surface area (TPSA) is 59.6 Å². The highest BCUT2D eigenvalue weighted by Gasteiger charge is 2.13. The van der Waals surface area contributed by atoms with Crippen LogP contribution in [0, 0.1) is 0 Å². The second-order valence-corrected chi connectivity index (χ2v) is 5.20. The number of benzene rings is 1. The Bertz CT molecular complexity index is 445. The van der Waals surface area contributed by atoms with Crippen LogP contribution in [-0.4, -0.2) is 38.8 Å². The van der Waals surface area contributed by atoms with Crippen LogP contribution in [0.4, 0.5) is 5.69 Å². The van der Waals surface area contributed by atoms with E-state index in [0.717, 1.165) is 26.0 Å². The first-order valence-electron chi connectivity index (χ1n) is 7.55. The van der Waals surface area contributed by atoms with Gasteiger partial charge in [0, 0.05) is 6.61 Å². The minimum atomic E-state index is -0.0657. The maximum absolute atomic E-state index is 11.9. The van der Waals surface area contributed by atoms with Crippen LogP contribution in [0.1, 0.15) is 25.7 Å². The Balaban J connectivity index is 1.65. The first kappa shape index (κ1) is 15.8. The molecule has 1 aliphatic rings. The molecule has 116 valence electrons. The van der Waals surface area contributed by atoms with Gasteiger partial charge in [-0.05, 0) is 44.4 Å². The van der Waals surface area contributed by atoms with Crippen molar-refractivity contribution in [1.82, 2.24) is 5.32 Å². The molecule has 1 amide bonds. The van der Waals surface area contributed by atoms with Crippen molar-refractivity contribution in [2.45, 2.75) is 31.8 Å². The van der Waals surface area contributed by atoms with Crippen LogP contribution in [0.3, 0.4) is 0 Å². The Morgan fingerprint density at radius 3 is 3.00 bits per heavy atom. The number of rotatable bonds is 7. The van der Waals surface area contributed by atoms with Crippen molar-refractivity contribution in [1.29, 1.82) is 0 Å². The van der Waals surface area contributed by atoms with Gasteiger partial charge in [0.05, 0.1) is 25.4 Å². The Kier molecular flexibility index (Phi) is 6.50. The summed E-state index contributed by atoms with van der Waals surface area (Å²) in [5, 5.41) is 6.00. The molecule has 21 heavy (non-hydrogen) atoms. The Morgan fingerprint density at radius 1 is 1.38 bits per heavy atom. The number of anilines is 1. The third kappa shape index (κ3) is 5.36. The van der Waals surface area contributed by atoms with E-state index in [1.807, 2.05) is 24.3 Å². The molecule has 1 saturated heterocycles. The van der Waals surface area contributed by atoms with Crippen LogP contribution < -0.4 is 15.4 Å². The number of hydrogen-bond acceptors (Lipinski definition) is 4. The summed E-state index contributed by atoms with van der Waals surface area (Å²) >= 11 is 0. The molecule has 0 radical (unpaired) electrons. The van der Waals surface area contributed by atoms with Crippen molar-refractivity contribution in [3.63, 3.8) is 0 Å². The van der Waals surface area contributed by atoms with Gasteiger partial charge in [0.2, 0.25) is 5.91 Å². The van der Waals surface area contributed by atoms with Crippen LogP contribution in [-0.2, 0) is 9.53 Å². The second-order valence-electron chi connectivity index (χ2n) is 5.20. The Labute approximate surface area is 126 Å². The number of ether oxygens (including phenoxy) is 2. The lowest BCUT2D eigenvalue weighted by Gasteiger charge is -2.22. The standard InChI is InChI=1S/C16H24N2O3/c1-20-15-8-3-2-7-14(15)18-16(19)12-17-10-9-13-6-4-5-11-21-13/h2-3,7-8,13,17H,4-6,9-12H2,1H3,(H,18,19). The molecular formula is C16H24N2O3. The number of amides is 1. The molecule has 5 nitrogen and oxygen atoms in total. The molecule has 0 aliphatic carbocycles. The van der Waals surface area contributed by atoms with Crippen LogP contribution in [0.25, 0.3) is 0 Å². The van der Waals surface area contributed by atoms with Crippen molar-refractivity contribution < 1.29 is 14.3 Å². The van der Waals surface area contributed by atoms with E-state index in [-0.39, 0.29) is 5.91 Å². The smallest absolute Gasteiger partial charge is 0.238 e. The SMILES string of the molecule is COc1ccccc1NC(=O)CNCCC1CCCCO1. The summed E-state index contributed by atoms with van der Waals surface area (Å²) in [6.45, 7) is 1.97. The number of methoxy groups -OCH3 is 1. The van der Waals surface area contributed by atoms with Crippen molar-refractivity contribution in [2.24, 2.45) is 0 Å². The van der Waals surface area contributed by atoms with E-state index in [1.54, 1.807) is 7.11 Å². The lowest BCUT2D eigenvalue weighted by Crippen LogP contribution is -2.31. The van der Waals surface area contributed by atoms with Gasteiger partial charge in [0.15, 0.2) is 0 Å². The van der Waals surface area contributed by atoms with E-state index in [2.05, 4.69) is 10.6 Å². The highest BCUT2D eigenvalue weighted by molar-refractivity contribution is 5.93. The fraction of sp³-hybridized carbons (Fsp3) is 0.562. The molecule has 1 aromatic carbocycles. The van der Waals surface area contributed by atoms with Gasteiger partial charge in [-0.3, -0.25) is 4.79 Å².